The van der Waals surface area contributed by atoms with Gasteiger partial charge < -0.3 is 15.4 Å². The van der Waals surface area contributed by atoms with Gasteiger partial charge in [0.05, 0.1) is 5.69 Å². The molecule has 0 bridgehead atoms. The van der Waals surface area contributed by atoms with Crippen molar-refractivity contribution < 1.29 is 27.1 Å². The van der Waals surface area contributed by atoms with Crippen LogP contribution in [0.5, 0.6) is 5.75 Å². The Hall–Kier alpha value is -1.83. The van der Waals surface area contributed by atoms with Gasteiger partial charge >= 0.3 is 6.18 Å². The molecule has 1 aromatic carbocycles. The Morgan fingerprint density at radius 2 is 2.04 bits per heavy atom. The van der Waals surface area contributed by atoms with Crippen molar-refractivity contribution in [2.45, 2.75) is 32.4 Å². The fraction of sp³-hybridized carbons (Fsp3) is 0.588. The summed E-state index contributed by atoms with van der Waals surface area (Å²) in [6.45, 7) is 2.29. The van der Waals surface area contributed by atoms with E-state index in [1.807, 2.05) is 6.92 Å². The number of carbonyl (C=O) groups excluding carboxylic acids is 1. The molecular formula is C17H22F4N2O2. The van der Waals surface area contributed by atoms with Crippen molar-refractivity contribution in [1.29, 1.82) is 0 Å². The summed E-state index contributed by atoms with van der Waals surface area (Å²) in [5.41, 5.74) is -0.0910. The van der Waals surface area contributed by atoms with Gasteiger partial charge in [0.25, 0.3) is 0 Å². The summed E-state index contributed by atoms with van der Waals surface area (Å²) in [4.78, 5) is 12.2. The van der Waals surface area contributed by atoms with E-state index in [0.717, 1.165) is 44.1 Å². The molecule has 2 rings (SSSR count). The van der Waals surface area contributed by atoms with Crippen LogP contribution in [0.15, 0.2) is 18.2 Å². The Morgan fingerprint density at radius 1 is 1.36 bits per heavy atom. The molecule has 2 N–H and O–H groups in total. The molecule has 1 unspecified atom stereocenters. The number of amides is 1. The van der Waals surface area contributed by atoms with Crippen molar-refractivity contribution in [3.63, 3.8) is 0 Å². The smallest absolute Gasteiger partial charge is 0.422 e. The van der Waals surface area contributed by atoms with Gasteiger partial charge in [0.2, 0.25) is 5.91 Å². The van der Waals surface area contributed by atoms with Gasteiger partial charge in [-0.2, -0.15) is 13.2 Å². The molecule has 1 aromatic rings. The lowest BCUT2D eigenvalue weighted by atomic mass is 9.84. The lowest BCUT2D eigenvalue weighted by molar-refractivity contribution is -0.153. The largest absolute Gasteiger partial charge is 0.482 e. The van der Waals surface area contributed by atoms with Crippen LogP contribution in [0.4, 0.5) is 23.2 Å². The average Bonchev–Trinajstić information content (AvgIpc) is 2.54. The molecule has 0 aliphatic carbocycles. The molecule has 0 radical (unpaired) electrons. The second kappa shape index (κ2) is 8.51. The fourth-order valence-corrected chi connectivity index (χ4v) is 2.96. The van der Waals surface area contributed by atoms with Gasteiger partial charge in [0, 0.05) is 12.5 Å². The van der Waals surface area contributed by atoms with Crippen LogP contribution in [0, 0.1) is 17.7 Å². The van der Waals surface area contributed by atoms with E-state index in [4.69, 9.17) is 0 Å². The van der Waals surface area contributed by atoms with Crippen molar-refractivity contribution in [3.05, 3.63) is 24.0 Å². The third-order valence-electron chi connectivity index (χ3n) is 4.30. The number of halogens is 4. The normalized spacial score (nSPS) is 17.2. The van der Waals surface area contributed by atoms with Crippen LogP contribution in [0.25, 0.3) is 0 Å². The predicted octanol–water partition coefficient (Wildman–Crippen LogP) is 3.73. The molecule has 1 atom stereocenters. The van der Waals surface area contributed by atoms with Crippen LogP contribution in [-0.2, 0) is 4.79 Å². The predicted molar refractivity (Wildman–Crippen MR) is 86.0 cm³/mol. The molecule has 4 nitrogen and oxygen atoms in total. The minimum Gasteiger partial charge on any atom is -0.482 e. The first-order valence-corrected chi connectivity index (χ1v) is 8.24. The van der Waals surface area contributed by atoms with Gasteiger partial charge in [-0.25, -0.2) is 4.39 Å². The van der Waals surface area contributed by atoms with Gasteiger partial charge in [0.1, 0.15) is 11.6 Å². The van der Waals surface area contributed by atoms with Gasteiger partial charge in [-0.05, 0) is 49.9 Å². The maximum atomic E-state index is 13.4. The standard InChI is InChI=1S/C17H22F4N2O2/c1-11(12-4-6-22-7-5-12)8-16(24)23-14-9-13(18)2-3-15(14)25-10-17(19,20)21/h2-3,9,11-12,22H,4-8,10H2,1H3,(H,23,24). The number of nitrogens with one attached hydrogen (secondary N) is 2. The molecular weight excluding hydrogens is 340 g/mol. The van der Waals surface area contributed by atoms with E-state index in [9.17, 15) is 22.4 Å². The number of anilines is 1. The number of ether oxygens (including phenoxy) is 1. The monoisotopic (exact) mass is 362 g/mol. The molecule has 140 valence electrons. The zero-order valence-electron chi connectivity index (χ0n) is 14.0. The summed E-state index contributed by atoms with van der Waals surface area (Å²) in [6, 6.07) is 3.02. The molecule has 1 heterocycles. The summed E-state index contributed by atoms with van der Waals surface area (Å²) in [5, 5.41) is 5.72. The minimum atomic E-state index is -4.51. The van der Waals surface area contributed by atoms with Crippen LogP contribution in [-0.4, -0.2) is 31.8 Å². The van der Waals surface area contributed by atoms with Gasteiger partial charge in [-0.3, -0.25) is 4.79 Å². The summed E-state index contributed by atoms with van der Waals surface area (Å²) in [6.07, 6.45) is -2.33. The first-order valence-electron chi connectivity index (χ1n) is 8.24. The van der Waals surface area contributed by atoms with E-state index in [1.54, 1.807) is 0 Å². The SMILES string of the molecule is CC(CC(=O)Nc1cc(F)ccc1OCC(F)(F)F)C1CCNCC1. The third-order valence-corrected chi connectivity index (χ3v) is 4.30. The van der Waals surface area contributed by atoms with Crippen LogP contribution >= 0.6 is 0 Å². The zero-order valence-corrected chi connectivity index (χ0v) is 14.0. The molecule has 1 fully saturated rings. The van der Waals surface area contributed by atoms with Crippen molar-refractivity contribution in [2.75, 3.05) is 25.0 Å². The maximum Gasteiger partial charge on any atom is 0.422 e. The summed E-state index contributed by atoms with van der Waals surface area (Å²) < 4.78 is 55.0. The van der Waals surface area contributed by atoms with E-state index in [0.29, 0.717) is 5.92 Å². The average molecular weight is 362 g/mol. The van der Waals surface area contributed by atoms with Crippen LogP contribution < -0.4 is 15.4 Å². The quantitative estimate of drug-likeness (QED) is 0.758. The van der Waals surface area contributed by atoms with Gasteiger partial charge in [-0.15, -0.1) is 0 Å². The highest BCUT2D eigenvalue weighted by Gasteiger charge is 2.29. The molecule has 8 heteroatoms. The number of hydrogen-bond donors (Lipinski definition) is 2. The summed E-state index contributed by atoms with van der Waals surface area (Å²) in [5.74, 6) is -0.688. The number of alkyl halides is 3. The molecule has 1 aliphatic heterocycles. The first kappa shape index (κ1) is 19.5. The molecule has 0 saturated carbocycles. The lowest BCUT2D eigenvalue weighted by Crippen LogP contribution is -2.32. The van der Waals surface area contributed by atoms with E-state index >= 15 is 0 Å². The van der Waals surface area contributed by atoms with E-state index < -0.39 is 18.6 Å². The van der Waals surface area contributed by atoms with Gasteiger partial charge in [-0.1, -0.05) is 6.92 Å². The Bertz CT molecular complexity index is 587. The number of hydrogen-bond acceptors (Lipinski definition) is 3. The number of benzene rings is 1. The highest BCUT2D eigenvalue weighted by molar-refractivity contribution is 5.92. The molecule has 0 spiro atoms. The molecule has 0 aromatic heterocycles. The first-order chi connectivity index (χ1) is 11.7. The maximum absolute atomic E-state index is 13.4. The number of carbonyl (C=O) groups is 1. The Balaban J connectivity index is 1.97. The molecule has 1 aliphatic rings. The number of rotatable bonds is 6. The highest BCUT2D eigenvalue weighted by atomic mass is 19.4. The van der Waals surface area contributed by atoms with Crippen molar-refractivity contribution >= 4 is 11.6 Å². The zero-order chi connectivity index (χ0) is 18.4. The number of piperidine rings is 1. The molecule has 1 saturated heterocycles. The second-order valence-electron chi connectivity index (χ2n) is 6.36. The minimum absolute atomic E-state index is 0.0910. The Kier molecular flexibility index (Phi) is 6.64. The van der Waals surface area contributed by atoms with Gasteiger partial charge in [0.15, 0.2) is 6.61 Å². The molecule has 25 heavy (non-hydrogen) atoms. The molecule has 1 amide bonds. The van der Waals surface area contributed by atoms with Crippen LogP contribution in [0.2, 0.25) is 0 Å². The van der Waals surface area contributed by atoms with Crippen molar-refractivity contribution in [1.82, 2.24) is 5.32 Å². The van der Waals surface area contributed by atoms with Crippen LogP contribution in [0.3, 0.4) is 0 Å². The van der Waals surface area contributed by atoms with E-state index in [1.165, 1.54) is 0 Å². The Labute approximate surface area is 143 Å². The fourth-order valence-electron chi connectivity index (χ4n) is 2.96. The lowest BCUT2D eigenvalue weighted by Gasteiger charge is -2.28. The van der Waals surface area contributed by atoms with E-state index in [2.05, 4.69) is 15.4 Å². The highest BCUT2D eigenvalue weighted by Crippen LogP contribution is 2.29. The Morgan fingerprint density at radius 3 is 2.68 bits per heavy atom. The van der Waals surface area contributed by atoms with Crippen molar-refractivity contribution in [2.24, 2.45) is 11.8 Å². The summed E-state index contributed by atoms with van der Waals surface area (Å²) >= 11 is 0. The topological polar surface area (TPSA) is 50.4 Å². The third kappa shape index (κ3) is 6.53. The second-order valence-corrected chi connectivity index (χ2v) is 6.36. The van der Waals surface area contributed by atoms with Crippen LogP contribution in [0.1, 0.15) is 26.2 Å². The summed E-state index contributed by atoms with van der Waals surface area (Å²) in [7, 11) is 0. The van der Waals surface area contributed by atoms with Crippen molar-refractivity contribution in [3.8, 4) is 5.75 Å². The van der Waals surface area contributed by atoms with E-state index in [-0.39, 0.29) is 29.7 Å².